The molecule has 0 unspecified atom stereocenters. The van der Waals surface area contributed by atoms with Crippen LogP contribution < -0.4 is 0 Å². The Hall–Kier alpha value is -3.26. The zero-order valence-electron chi connectivity index (χ0n) is 32.6. The Morgan fingerprint density at radius 3 is 1.09 bits per heavy atom. The van der Waals surface area contributed by atoms with Gasteiger partial charge >= 0.3 is 26.2 Å². The van der Waals surface area contributed by atoms with Gasteiger partial charge in [0.1, 0.15) is 0 Å². The van der Waals surface area contributed by atoms with Crippen molar-refractivity contribution in [2.24, 2.45) is 0 Å². The molecule has 0 saturated carbocycles. The fourth-order valence-electron chi connectivity index (χ4n) is 6.89. The van der Waals surface area contributed by atoms with Crippen LogP contribution in [-0.4, -0.2) is 11.0 Å². The van der Waals surface area contributed by atoms with Gasteiger partial charge in [0.15, 0.2) is 0 Å². The average Bonchev–Trinajstić information content (AvgIpc) is 3.82. The first-order valence-corrected chi connectivity index (χ1v) is 18.7. The maximum atomic E-state index is 3.25. The molecule has 0 amide bonds. The van der Waals surface area contributed by atoms with Crippen LogP contribution in [0.25, 0.3) is 65.3 Å². The first kappa shape index (κ1) is 48.8. The Morgan fingerprint density at radius 1 is 0.426 bits per heavy atom. The SMILES string of the molecule is CCCCCC.CCc1cc2c(-c3cccc4ccccc34)cccc2[cH-]1.CCc1cc2c(-c3cccc4ccccc34)cccc2[cH-]1.Cl.Cl.[CH2-]C.[Si].[Zr+3]. The van der Waals surface area contributed by atoms with Crippen LogP contribution >= 0.6 is 24.8 Å². The molecule has 54 heavy (non-hydrogen) atoms. The second-order valence-electron chi connectivity index (χ2n) is 12.8. The van der Waals surface area contributed by atoms with Crippen LogP contribution in [0.5, 0.6) is 0 Å². The van der Waals surface area contributed by atoms with E-state index in [2.05, 4.69) is 180 Å². The molecule has 277 valence electrons. The van der Waals surface area contributed by atoms with Crippen LogP contribution in [-0.2, 0) is 39.0 Å². The van der Waals surface area contributed by atoms with Gasteiger partial charge in [-0.25, -0.2) is 0 Å². The summed E-state index contributed by atoms with van der Waals surface area (Å²) in [4.78, 5) is 0. The number of fused-ring (bicyclic) bond motifs is 4. The summed E-state index contributed by atoms with van der Waals surface area (Å²) >= 11 is 0. The van der Waals surface area contributed by atoms with Gasteiger partial charge in [-0.1, -0.05) is 162 Å². The van der Waals surface area contributed by atoms with Crippen LogP contribution in [0.4, 0.5) is 0 Å². The fourth-order valence-corrected chi connectivity index (χ4v) is 6.89. The van der Waals surface area contributed by atoms with Crippen molar-refractivity contribution in [3.63, 3.8) is 0 Å². The van der Waals surface area contributed by atoms with Crippen molar-refractivity contribution in [1.82, 2.24) is 0 Å². The third-order valence-electron chi connectivity index (χ3n) is 9.55. The first-order valence-electron chi connectivity index (χ1n) is 18.7. The van der Waals surface area contributed by atoms with Crippen molar-refractivity contribution in [2.75, 3.05) is 0 Å². The Bertz CT molecular complexity index is 2090. The molecular formula is C50H55Cl2SiZr. The predicted octanol–water partition coefficient (Wildman–Crippen LogP) is 15.8. The molecule has 0 aromatic heterocycles. The summed E-state index contributed by atoms with van der Waals surface area (Å²) in [7, 11) is 0. The normalized spacial score (nSPS) is 9.89. The van der Waals surface area contributed by atoms with Crippen molar-refractivity contribution >= 4 is 78.9 Å². The number of halogens is 2. The van der Waals surface area contributed by atoms with E-state index in [1.165, 1.54) is 102 Å². The van der Waals surface area contributed by atoms with Gasteiger partial charge in [-0.3, -0.25) is 0 Å². The summed E-state index contributed by atoms with van der Waals surface area (Å²) in [5.41, 5.74) is 8.15. The third-order valence-corrected chi connectivity index (χ3v) is 9.55. The predicted molar refractivity (Wildman–Crippen MR) is 245 cm³/mol. The minimum absolute atomic E-state index is 0. The molecule has 0 atom stereocenters. The molecule has 0 aliphatic heterocycles. The van der Waals surface area contributed by atoms with Gasteiger partial charge in [-0.2, -0.15) is 19.1 Å². The van der Waals surface area contributed by atoms with Crippen molar-refractivity contribution in [2.45, 2.75) is 73.1 Å². The second kappa shape index (κ2) is 25.0. The Morgan fingerprint density at radius 2 is 0.741 bits per heavy atom. The molecule has 8 aromatic carbocycles. The molecular weight excluding hydrogens is 791 g/mol. The van der Waals surface area contributed by atoms with E-state index in [-0.39, 0.29) is 62.0 Å². The van der Waals surface area contributed by atoms with Crippen molar-refractivity contribution in [1.29, 1.82) is 0 Å². The number of benzene rings is 6. The molecule has 0 N–H and O–H groups in total. The van der Waals surface area contributed by atoms with Crippen LogP contribution in [0, 0.1) is 6.92 Å². The Balaban J connectivity index is 0.000000426. The molecule has 0 nitrogen and oxygen atoms in total. The van der Waals surface area contributed by atoms with Gasteiger partial charge in [-0.05, 0) is 45.5 Å². The maximum Gasteiger partial charge on any atom is 3.00 e. The van der Waals surface area contributed by atoms with E-state index >= 15 is 0 Å². The van der Waals surface area contributed by atoms with E-state index < -0.39 is 0 Å². The average molecular weight is 846 g/mol. The number of hydrogen-bond donors (Lipinski definition) is 0. The van der Waals surface area contributed by atoms with E-state index in [4.69, 9.17) is 0 Å². The maximum absolute atomic E-state index is 3.25. The number of hydrogen-bond acceptors (Lipinski definition) is 0. The topological polar surface area (TPSA) is 0 Å². The van der Waals surface area contributed by atoms with Crippen LogP contribution in [0.3, 0.4) is 0 Å². The van der Waals surface area contributed by atoms with Crippen molar-refractivity contribution in [3.05, 3.63) is 164 Å². The standard InChI is InChI=1S/2C21H17.C6H14.C2H5.2ClH.Si.Zr/c2*1-2-15-13-17-9-6-12-20(21(17)14-15)19-11-5-8-16-7-3-4-10-18(16)19;1-3-5-6-4-2;1-2;;;;/h2*3-14H,2H2,1H3;3-6H2,1-2H3;1H2,2H3;2*1H;;/q2*-1;;-1;;;;+3. The molecule has 0 spiro atoms. The molecule has 0 heterocycles. The Labute approximate surface area is 361 Å². The van der Waals surface area contributed by atoms with E-state index in [1.54, 1.807) is 6.92 Å². The summed E-state index contributed by atoms with van der Waals surface area (Å²) < 4.78 is 0. The summed E-state index contributed by atoms with van der Waals surface area (Å²) in [5, 5.41) is 10.7. The van der Waals surface area contributed by atoms with Crippen LogP contribution in [0.15, 0.2) is 146 Å². The van der Waals surface area contributed by atoms with Gasteiger partial charge in [0, 0.05) is 11.0 Å². The smallest absolute Gasteiger partial charge is 0.346 e. The second-order valence-corrected chi connectivity index (χ2v) is 12.8. The molecule has 0 fully saturated rings. The fraction of sp³-hybridized carbons (Fsp3) is 0.220. The van der Waals surface area contributed by atoms with Gasteiger partial charge in [0.05, 0.1) is 0 Å². The van der Waals surface area contributed by atoms with E-state index in [0.29, 0.717) is 0 Å². The summed E-state index contributed by atoms with van der Waals surface area (Å²) in [6.45, 7) is 13.9. The zero-order chi connectivity index (χ0) is 35.3. The quantitative estimate of drug-likeness (QED) is 0.0852. The molecule has 0 saturated heterocycles. The van der Waals surface area contributed by atoms with Gasteiger partial charge in [-0.15, -0.1) is 93.9 Å². The number of rotatable bonds is 7. The van der Waals surface area contributed by atoms with Crippen molar-refractivity contribution in [3.8, 4) is 22.3 Å². The third kappa shape index (κ3) is 11.6. The zero-order valence-corrected chi connectivity index (χ0v) is 37.7. The van der Waals surface area contributed by atoms with E-state index in [9.17, 15) is 0 Å². The van der Waals surface area contributed by atoms with E-state index in [1.807, 2.05) is 0 Å². The minimum atomic E-state index is 0. The minimum Gasteiger partial charge on any atom is -0.346 e. The molecule has 5 radical (unpaired) electrons. The Kier molecular flexibility index (Phi) is 22.6. The summed E-state index contributed by atoms with van der Waals surface area (Å²) in [5.74, 6) is 0. The largest absolute Gasteiger partial charge is 3.00 e. The monoisotopic (exact) mass is 843 g/mol. The number of unbranched alkanes of at least 4 members (excludes halogenated alkanes) is 3. The molecule has 8 rings (SSSR count). The van der Waals surface area contributed by atoms with Gasteiger partial charge in [0.25, 0.3) is 0 Å². The van der Waals surface area contributed by atoms with Gasteiger partial charge in [0.2, 0.25) is 0 Å². The summed E-state index contributed by atoms with van der Waals surface area (Å²) in [6.07, 6.45) is 7.71. The molecule has 0 bridgehead atoms. The number of aryl methyl sites for hydroxylation is 2. The van der Waals surface area contributed by atoms with Gasteiger partial charge < -0.3 is 6.92 Å². The summed E-state index contributed by atoms with van der Waals surface area (Å²) in [6, 6.07) is 52.9. The van der Waals surface area contributed by atoms with E-state index in [0.717, 1.165) is 12.8 Å². The first-order chi connectivity index (χ1) is 24.6. The molecule has 0 aliphatic carbocycles. The molecule has 0 aliphatic rings. The molecule has 4 heteroatoms. The van der Waals surface area contributed by atoms with Crippen LogP contribution in [0.2, 0.25) is 0 Å². The van der Waals surface area contributed by atoms with Crippen molar-refractivity contribution < 1.29 is 26.2 Å². The van der Waals surface area contributed by atoms with Crippen LogP contribution in [0.1, 0.15) is 71.4 Å². The molecule has 8 aromatic rings.